The number of rotatable bonds is 5. The number of hydrogen-bond acceptors (Lipinski definition) is 4. The van der Waals surface area contributed by atoms with E-state index in [1.807, 2.05) is 31.2 Å². The predicted molar refractivity (Wildman–Crippen MR) is 117 cm³/mol. The second-order valence-electron chi connectivity index (χ2n) is 7.17. The van der Waals surface area contributed by atoms with Crippen molar-refractivity contribution >= 4 is 44.6 Å². The third-order valence-electron chi connectivity index (χ3n) is 5.24. The molecule has 1 aliphatic rings. The molecule has 0 spiro atoms. The Kier molecular flexibility index (Phi) is 5.64. The highest BCUT2D eigenvalue weighted by Crippen LogP contribution is 2.27. The number of carbonyl (C=O) groups is 1. The summed E-state index contributed by atoms with van der Waals surface area (Å²) in [5.41, 5.74) is 5.30. The van der Waals surface area contributed by atoms with Crippen molar-refractivity contribution in [2.24, 2.45) is 5.10 Å². The monoisotopic (exact) mass is 444 g/mol. The van der Waals surface area contributed by atoms with Crippen LogP contribution in [0, 0.1) is 6.92 Å². The van der Waals surface area contributed by atoms with Crippen LogP contribution < -0.4 is 5.43 Å². The number of halogens is 1. The van der Waals surface area contributed by atoms with E-state index in [4.69, 9.17) is 11.6 Å². The lowest BCUT2D eigenvalue weighted by Gasteiger charge is -2.22. The van der Waals surface area contributed by atoms with Gasteiger partial charge in [-0.1, -0.05) is 29.8 Å². The quantitative estimate of drug-likeness (QED) is 0.466. The number of H-pyrrole nitrogens is 1. The van der Waals surface area contributed by atoms with Gasteiger partial charge in [-0.05, 0) is 50.1 Å². The molecular formula is C21H21ClN4O3S. The van der Waals surface area contributed by atoms with Gasteiger partial charge in [-0.25, -0.2) is 13.8 Å². The first kappa shape index (κ1) is 20.6. The zero-order chi connectivity index (χ0) is 21.3. The van der Waals surface area contributed by atoms with Crippen molar-refractivity contribution in [2.75, 3.05) is 6.54 Å². The highest BCUT2D eigenvalue weighted by molar-refractivity contribution is 7.89. The molecule has 1 aliphatic heterocycles. The Hall–Kier alpha value is -2.68. The molecule has 9 heteroatoms. The molecule has 0 radical (unpaired) electrons. The minimum atomic E-state index is -3.80. The summed E-state index contributed by atoms with van der Waals surface area (Å²) < 4.78 is 27.2. The fourth-order valence-corrected chi connectivity index (χ4v) is 5.51. The van der Waals surface area contributed by atoms with E-state index in [2.05, 4.69) is 15.5 Å². The SMILES string of the molecule is Cc1[nH]c2ccccc2c1/C=N\NC(=O)[C@@H]1CCCN1S(=O)(=O)c1ccc(Cl)cc1. The standard InChI is InChI=1S/C21H21ClN4O3S/c1-14-18(17-5-2-3-6-19(17)24-14)13-23-25-21(27)20-7-4-12-26(20)30(28,29)16-10-8-15(22)9-11-16/h2-3,5-6,8-11,13,20,24H,4,7,12H2,1H3,(H,25,27)/b23-13-/t20-/m0/s1. The maximum Gasteiger partial charge on any atom is 0.258 e. The smallest absolute Gasteiger partial charge is 0.258 e. The zero-order valence-electron chi connectivity index (χ0n) is 16.3. The van der Waals surface area contributed by atoms with Crippen LogP contribution in [0.4, 0.5) is 0 Å². The van der Waals surface area contributed by atoms with Crippen LogP contribution in [0.5, 0.6) is 0 Å². The fourth-order valence-electron chi connectivity index (χ4n) is 3.73. The second kappa shape index (κ2) is 8.22. The highest BCUT2D eigenvalue weighted by atomic mass is 35.5. The molecule has 156 valence electrons. The Morgan fingerprint density at radius 3 is 2.73 bits per heavy atom. The van der Waals surface area contributed by atoms with Crippen molar-refractivity contribution in [3.8, 4) is 0 Å². The molecule has 1 aromatic heterocycles. The van der Waals surface area contributed by atoms with Crippen molar-refractivity contribution in [1.82, 2.24) is 14.7 Å². The van der Waals surface area contributed by atoms with Gasteiger partial charge in [-0.15, -0.1) is 0 Å². The molecule has 2 heterocycles. The van der Waals surface area contributed by atoms with Crippen molar-refractivity contribution in [2.45, 2.75) is 30.7 Å². The largest absolute Gasteiger partial charge is 0.358 e. The van der Waals surface area contributed by atoms with E-state index in [1.54, 1.807) is 6.21 Å². The van der Waals surface area contributed by atoms with Gasteiger partial charge in [-0.3, -0.25) is 4.79 Å². The Morgan fingerprint density at radius 1 is 1.23 bits per heavy atom. The number of hydrogen-bond donors (Lipinski definition) is 2. The first-order chi connectivity index (χ1) is 14.4. The van der Waals surface area contributed by atoms with Crippen LogP contribution in [0.25, 0.3) is 10.9 Å². The Morgan fingerprint density at radius 2 is 1.97 bits per heavy atom. The average molecular weight is 445 g/mol. The minimum Gasteiger partial charge on any atom is -0.358 e. The summed E-state index contributed by atoms with van der Waals surface area (Å²) in [6.45, 7) is 2.22. The van der Waals surface area contributed by atoms with Gasteiger partial charge in [0.15, 0.2) is 0 Å². The van der Waals surface area contributed by atoms with Crippen LogP contribution >= 0.6 is 11.6 Å². The molecule has 2 aromatic carbocycles. The average Bonchev–Trinajstić information content (AvgIpc) is 3.34. The van der Waals surface area contributed by atoms with Gasteiger partial charge >= 0.3 is 0 Å². The molecule has 0 bridgehead atoms. The summed E-state index contributed by atoms with van der Waals surface area (Å²) in [4.78, 5) is 16.1. The molecule has 4 rings (SSSR count). The Labute approximate surface area is 179 Å². The summed E-state index contributed by atoms with van der Waals surface area (Å²) in [6.07, 6.45) is 2.63. The number of aromatic amines is 1. The van der Waals surface area contributed by atoms with Crippen LogP contribution in [-0.4, -0.2) is 42.4 Å². The van der Waals surface area contributed by atoms with Crippen molar-refractivity contribution < 1.29 is 13.2 Å². The number of hydrazone groups is 1. The first-order valence-corrected chi connectivity index (χ1v) is 11.4. The van der Waals surface area contributed by atoms with E-state index in [-0.39, 0.29) is 11.4 Å². The molecule has 2 N–H and O–H groups in total. The van der Waals surface area contributed by atoms with E-state index in [1.165, 1.54) is 28.6 Å². The van der Waals surface area contributed by atoms with Gasteiger partial charge in [0, 0.05) is 33.7 Å². The van der Waals surface area contributed by atoms with Crippen LogP contribution in [0.15, 0.2) is 58.5 Å². The van der Waals surface area contributed by atoms with Crippen molar-refractivity contribution in [3.05, 3.63) is 64.8 Å². The molecule has 0 saturated carbocycles. The van der Waals surface area contributed by atoms with Gasteiger partial charge in [0.25, 0.3) is 5.91 Å². The summed E-state index contributed by atoms with van der Waals surface area (Å²) in [6, 6.07) is 13.0. The highest BCUT2D eigenvalue weighted by Gasteiger charge is 2.39. The van der Waals surface area contributed by atoms with Crippen LogP contribution in [0.2, 0.25) is 5.02 Å². The summed E-state index contributed by atoms with van der Waals surface area (Å²) in [5.74, 6) is -0.446. The first-order valence-electron chi connectivity index (χ1n) is 9.55. The second-order valence-corrected chi connectivity index (χ2v) is 9.50. The van der Waals surface area contributed by atoms with Crippen LogP contribution in [0.3, 0.4) is 0 Å². The third kappa shape index (κ3) is 3.86. The normalized spacial score (nSPS) is 17.7. The zero-order valence-corrected chi connectivity index (χ0v) is 17.9. The van der Waals surface area contributed by atoms with E-state index >= 15 is 0 Å². The number of nitrogens with zero attached hydrogens (tertiary/aromatic N) is 2. The number of aryl methyl sites for hydroxylation is 1. The number of carbonyl (C=O) groups excluding carboxylic acids is 1. The van der Waals surface area contributed by atoms with Gasteiger partial charge in [0.2, 0.25) is 10.0 Å². The molecule has 7 nitrogen and oxygen atoms in total. The molecule has 1 saturated heterocycles. The number of aromatic nitrogens is 1. The molecule has 3 aromatic rings. The van der Waals surface area contributed by atoms with E-state index < -0.39 is 22.0 Å². The maximum atomic E-state index is 13.0. The number of fused-ring (bicyclic) bond motifs is 1. The van der Waals surface area contributed by atoms with Crippen molar-refractivity contribution in [1.29, 1.82) is 0 Å². The van der Waals surface area contributed by atoms with Gasteiger partial charge in [0.1, 0.15) is 6.04 Å². The molecule has 0 unspecified atom stereocenters. The number of para-hydroxylation sites is 1. The van der Waals surface area contributed by atoms with Crippen LogP contribution in [-0.2, 0) is 14.8 Å². The third-order valence-corrected chi connectivity index (χ3v) is 7.41. The molecule has 0 aliphatic carbocycles. The number of benzene rings is 2. The number of amides is 1. The lowest BCUT2D eigenvalue weighted by molar-refractivity contribution is -0.124. The van der Waals surface area contributed by atoms with E-state index in [0.717, 1.165) is 22.2 Å². The van der Waals surface area contributed by atoms with Gasteiger partial charge in [0.05, 0.1) is 11.1 Å². The minimum absolute atomic E-state index is 0.115. The summed E-state index contributed by atoms with van der Waals surface area (Å²) in [7, 11) is -3.80. The summed E-state index contributed by atoms with van der Waals surface area (Å²) >= 11 is 5.86. The van der Waals surface area contributed by atoms with Crippen LogP contribution in [0.1, 0.15) is 24.1 Å². The van der Waals surface area contributed by atoms with Gasteiger partial charge in [-0.2, -0.15) is 9.41 Å². The maximum absolute atomic E-state index is 13.0. The molecule has 30 heavy (non-hydrogen) atoms. The number of nitrogens with one attached hydrogen (secondary N) is 2. The van der Waals surface area contributed by atoms with E-state index in [9.17, 15) is 13.2 Å². The summed E-state index contributed by atoms with van der Waals surface area (Å²) in [5, 5.41) is 5.54. The van der Waals surface area contributed by atoms with Crippen molar-refractivity contribution in [3.63, 3.8) is 0 Å². The topological polar surface area (TPSA) is 94.6 Å². The molecule has 1 amide bonds. The fraction of sp³-hybridized carbons (Fsp3) is 0.238. The molecule has 1 fully saturated rings. The lowest BCUT2D eigenvalue weighted by Crippen LogP contribution is -2.44. The molecular weight excluding hydrogens is 424 g/mol. The molecule has 1 atom stereocenters. The lowest BCUT2D eigenvalue weighted by atomic mass is 10.1. The number of sulfonamides is 1. The predicted octanol–water partition coefficient (Wildman–Crippen LogP) is 3.43. The Balaban J connectivity index is 1.50. The van der Waals surface area contributed by atoms with Gasteiger partial charge < -0.3 is 4.98 Å². The Bertz CT molecular complexity index is 1220. The van der Waals surface area contributed by atoms with E-state index in [0.29, 0.717) is 17.9 Å².